The summed E-state index contributed by atoms with van der Waals surface area (Å²) < 4.78 is 5.98. The van der Waals surface area contributed by atoms with E-state index in [4.69, 9.17) is 4.74 Å². The quantitative estimate of drug-likeness (QED) is 0.453. The lowest BCUT2D eigenvalue weighted by Gasteiger charge is -2.27. The van der Waals surface area contributed by atoms with Crippen molar-refractivity contribution in [3.05, 3.63) is 53.0 Å². The molecular formula is C20H21BrN8O2. The van der Waals surface area contributed by atoms with Gasteiger partial charge in [0.1, 0.15) is 16.1 Å². The lowest BCUT2D eigenvalue weighted by atomic mass is 10.3. The van der Waals surface area contributed by atoms with Gasteiger partial charge in [0.05, 0.1) is 25.2 Å². The van der Waals surface area contributed by atoms with Crippen molar-refractivity contribution >= 4 is 45.1 Å². The van der Waals surface area contributed by atoms with Gasteiger partial charge in [-0.15, -0.1) is 0 Å². The molecule has 1 aliphatic rings. The molecule has 1 saturated heterocycles. The van der Waals surface area contributed by atoms with Crippen LogP contribution in [0.1, 0.15) is 10.5 Å². The summed E-state index contributed by atoms with van der Waals surface area (Å²) >= 11 is 3.26. The third kappa shape index (κ3) is 5.25. The van der Waals surface area contributed by atoms with Crippen molar-refractivity contribution in [3.8, 4) is 5.75 Å². The molecule has 3 aromatic rings. The van der Waals surface area contributed by atoms with Crippen LogP contribution in [0.15, 0.2) is 47.3 Å². The summed E-state index contributed by atoms with van der Waals surface area (Å²) in [6.45, 7) is 3.47. The minimum absolute atomic E-state index is 0.296. The molecule has 0 unspecified atom stereocenters. The van der Waals surface area contributed by atoms with E-state index in [1.54, 1.807) is 49.8 Å². The number of anilines is 4. The third-order valence-corrected chi connectivity index (χ3v) is 5.02. The minimum atomic E-state index is -0.340. The number of carbonyl (C=O) groups excluding carboxylic acids is 1. The Kier molecular flexibility index (Phi) is 6.53. The number of aromatic nitrogens is 4. The molecule has 0 bridgehead atoms. The highest BCUT2D eigenvalue weighted by Crippen LogP contribution is 2.27. The van der Waals surface area contributed by atoms with E-state index in [2.05, 4.69) is 56.7 Å². The highest BCUT2D eigenvalue weighted by Gasteiger charge is 2.16. The largest absolute Gasteiger partial charge is 0.491 e. The van der Waals surface area contributed by atoms with Gasteiger partial charge in [0.15, 0.2) is 11.6 Å². The van der Waals surface area contributed by atoms with Crippen molar-refractivity contribution in [2.75, 3.05) is 48.8 Å². The highest BCUT2D eigenvalue weighted by atomic mass is 79.9. The van der Waals surface area contributed by atoms with Crippen molar-refractivity contribution < 1.29 is 9.53 Å². The maximum Gasteiger partial charge on any atom is 0.275 e. The van der Waals surface area contributed by atoms with Gasteiger partial charge < -0.3 is 25.6 Å². The average molecular weight is 485 g/mol. The van der Waals surface area contributed by atoms with E-state index in [1.165, 1.54) is 0 Å². The molecule has 3 N–H and O–H groups in total. The maximum atomic E-state index is 12.3. The second-order valence-corrected chi connectivity index (χ2v) is 7.49. The summed E-state index contributed by atoms with van der Waals surface area (Å²) in [6.07, 6.45) is 3.26. The van der Waals surface area contributed by atoms with Crippen molar-refractivity contribution in [2.45, 2.75) is 0 Å². The van der Waals surface area contributed by atoms with Crippen LogP contribution in [0.5, 0.6) is 5.75 Å². The minimum Gasteiger partial charge on any atom is -0.491 e. The molecule has 1 amide bonds. The van der Waals surface area contributed by atoms with Gasteiger partial charge in [0, 0.05) is 26.2 Å². The van der Waals surface area contributed by atoms with Crippen molar-refractivity contribution in [1.82, 2.24) is 25.3 Å². The number of hydrogen-bond acceptors (Lipinski definition) is 9. The molecule has 0 spiro atoms. The molecule has 10 nitrogen and oxygen atoms in total. The Morgan fingerprint density at radius 2 is 1.97 bits per heavy atom. The molecular weight excluding hydrogens is 464 g/mol. The summed E-state index contributed by atoms with van der Waals surface area (Å²) in [5.74, 6) is 1.78. The van der Waals surface area contributed by atoms with Gasteiger partial charge in [0.25, 0.3) is 5.91 Å². The topological polar surface area (TPSA) is 117 Å². The Morgan fingerprint density at radius 3 is 2.68 bits per heavy atom. The van der Waals surface area contributed by atoms with Crippen LogP contribution in [0, 0.1) is 0 Å². The number of nitrogens with one attached hydrogen (secondary N) is 3. The van der Waals surface area contributed by atoms with Crippen LogP contribution < -0.4 is 25.6 Å². The number of piperazine rings is 1. The first-order chi connectivity index (χ1) is 15.1. The van der Waals surface area contributed by atoms with Gasteiger partial charge in [0.2, 0.25) is 5.95 Å². The zero-order valence-electron chi connectivity index (χ0n) is 16.8. The second kappa shape index (κ2) is 9.67. The summed E-state index contributed by atoms with van der Waals surface area (Å²) in [5.41, 5.74) is 0.992. The Bertz CT molecular complexity index is 1060. The molecule has 0 atom stereocenters. The fraction of sp³-hybridized carbons (Fsp3) is 0.250. The number of carbonyl (C=O) groups is 1. The SMILES string of the molecule is COc1cnc(N2CCNCC2)nc1Nc1ccc(NC(=O)c2cccc(Br)n2)nc1. The molecule has 1 aliphatic heterocycles. The molecule has 0 radical (unpaired) electrons. The van der Waals surface area contributed by atoms with Crippen LogP contribution in [-0.4, -0.2) is 59.1 Å². The van der Waals surface area contributed by atoms with Gasteiger partial charge in [-0.05, 0) is 40.2 Å². The molecule has 0 saturated carbocycles. The van der Waals surface area contributed by atoms with E-state index < -0.39 is 0 Å². The number of pyridine rings is 2. The van der Waals surface area contributed by atoms with E-state index in [0.717, 1.165) is 26.2 Å². The zero-order chi connectivity index (χ0) is 21.6. The molecule has 0 aromatic carbocycles. The zero-order valence-corrected chi connectivity index (χ0v) is 18.4. The molecule has 4 rings (SSSR count). The van der Waals surface area contributed by atoms with E-state index in [0.29, 0.717) is 39.3 Å². The van der Waals surface area contributed by atoms with E-state index in [1.807, 2.05) is 0 Å². The van der Waals surface area contributed by atoms with Crippen LogP contribution in [0.25, 0.3) is 0 Å². The lowest BCUT2D eigenvalue weighted by molar-refractivity contribution is 0.102. The van der Waals surface area contributed by atoms with E-state index >= 15 is 0 Å². The van der Waals surface area contributed by atoms with Crippen LogP contribution in [0.2, 0.25) is 0 Å². The molecule has 160 valence electrons. The van der Waals surface area contributed by atoms with Crippen molar-refractivity contribution in [2.24, 2.45) is 0 Å². The lowest BCUT2D eigenvalue weighted by Crippen LogP contribution is -2.44. The van der Waals surface area contributed by atoms with Crippen molar-refractivity contribution in [3.63, 3.8) is 0 Å². The molecule has 1 fully saturated rings. The van der Waals surface area contributed by atoms with E-state index in [9.17, 15) is 4.79 Å². The predicted molar refractivity (Wildman–Crippen MR) is 121 cm³/mol. The summed E-state index contributed by atoms with van der Waals surface area (Å²) in [6, 6.07) is 8.63. The van der Waals surface area contributed by atoms with Crippen LogP contribution in [0.3, 0.4) is 0 Å². The first kappa shape index (κ1) is 20.9. The number of rotatable bonds is 6. The number of amides is 1. The number of methoxy groups -OCH3 is 1. The third-order valence-electron chi connectivity index (χ3n) is 4.58. The van der Waals surface area contributed by atoms with Crippen LogP contribution in [-0.2, 0) is 0 Å². The predicted octanol–water partition coefficient (Wildman–Crippen LogP) is 2.44. The molecule has 0 aliphatic carbocycles. The second-order valence-electron chi connectivity index (χ2n) is 6.68. The smallest absolute Gasteiger partial charge is 0.275 e. The molecule has 31 heavy (non-hydrogen) atoms. The number of ether oxygens (including phenoxy) is 1. The summed E-state index contributed by atoms with van der Waals surface area (Å²) in [5, 5.41) is 9.25. The highest BCUT2D eigenvalue weighted by molar-refractivity contribution is 9.10. The molecule has 11 heteroatoms. The Balaban J connectivity index is 1.46. The van der Waals surface area contributed by atoms with Gasteiger partial charge in [-0.25, -0.2) is 15.0 Å². The normalized spacial score (nSPS) is 13.5. The molecule has 4 heterocycles. The first-order valence-electron chi connectivity index (χ1n) is 9.66. The van der Waals surface area contributed by atoms with Crippen LogP contribution >= 0.6 is 15.9 Å². The Labute approximate surface area is 187 Å². The van der Waals surface area contributed by atoms with Gasteiger partial charge in [-0.3, -0.25) is 4.79 Å². The van der Waals surface area contributed by atoms with Gasteiger partial charge in [-0.1, -0.05) is 6.07 Å². The van der Waals surface area contributed by atoms with Crippen molar-refractivity contribution in [1.29, 1.82) is 0 Å². The summed E-state index contributed by atoms with van der Waals surface area (Å²) in [4.78, 5) is 31.9. The first-order valence-corrected chi connectivity index (χ1v) is 10.5. The maximum absolute atomic E-state index is 12.3. The number of nitrogens with zero attached hydrogens (tertiary/aromatic N) is 5. The standard InChI is InChI=1S/C20H21BrN8O2/c1-31-15-12-24-20(29-9-7-22-8-10-29)28-18(15)25-13-5-6-17(23-11-13)27-19(30)14-3-2-4-16(21)26-14/h2-6,11-12,22H,7-10H2,1H3,(H,23,27,30)(H,24,25,28). The van der Waals surface area contributed by atoms with E-state index in [-0.39, 0.29) is 5.91 Å². The average Bonchev–Trinajstić information content (AvgIpc) is 2.81. The van der Waals surface area contributed by atoms with Crippen LogP contribution in [0.4, 0.5) is 23.3 Å². The fourth-order valence-electron chi connectivity index (χ4n) is 3.01. The van der Waals surface area contributed by atoms with Gasteiger partial charge in [-0.2, -0.15) is 4.98 Å². The number of halogens is 1. The monoisotopic (exact) mass is 484 g/mol. The van der Waals surface area contributed by atoms with Gasteiger partial charge >= 0.3 is 0 Å². The number of hydrogen-bond donors (Lipinski definition) is 3. The summed E-state index contributed by atoms with van der Waals surface area (Å²) in [7, 11) is 1.57. The molecule has 3 aromatic heterocycles. The fourth-order valence-corrected chi connectivity index (χ4v) is 3.35. The Morgan fingerprint density at radius 1 is 1.13 bits per heavy atom. The Hall–Kier alpha value is -3.31.